The van der Waals surface area contributed by atoms with Gasteiger partial charge in [0, 0.05) is 27.7 Å². The third kappa shape index (κ3) is 11.6. The summed E-state index contributed by atoms with van der Waals surface area (Å²) < 4.78 is 10.2. The lowest BCUT2D eigenvalue weighted by atomic mass is 10.2. The number of carbonyl (C=O) groups excluding carboxylic acids is 1. The van der Waals surface area contributed by atoms with E-state index in [1.165, 1.54) is 0 Å². The smallest absolute Gasteiger partial charge is 0.399 e. The fourth-order valence-corrected chi connectivity index (χ4v) is 1.76. The molecule has 0 aromatic carbocycles. The molecule has 0 N–H and O–H groups in total. The Morgan fingerprint density at radius 1 is 0.792 bits per heavy atom. The molecule has 0 radical (unpaired) electrons. The third-order valence-electron chi connectivity index (χ3n) is 2.87. The molecule has 0 heterocycles. The Balaban J connectivity index is 4.28. The van der Waals surface area contributed by atoms with Crippen molar-refractivity contribution >= 4 is 6.16 Å². The normalized spacial score (nSPS) is 15.0. The van der Waals surface area contributed by atoms with Crippen molar-refractivity contribution in [3.8, 4) is 0 Å². The molecule has 0 bridgehead atoms. The Hall–Kier alpha value is -0.890. The molecule has 24 heavy (non-hydrogen) atoms. The molecule has 2 atom stereocenters. The van der Waals surface area contributed by atoms with Gasteiger partial charge in [-0.05, 0) is 26.7 Å². The van der Waals surface area contributed by atoms with Gasteiger partial charge in [-0.15, -0.1) is 0 Å². The maximum absolute atomic E-state index is 11.9. The molecule has 0 rings (SSSR count). The van der Waals surface area contributed by atoms with Crippen LogP contribution in [0.4, 0.5) is 4.79 Å². The summed E-state index contributed by atoms with van der Waals surface area (Å²) in [5.41, 5.74) is 0. The van der Waals surface area contributed by atoms with E-state index in [0.717, 1.165) is 25.7 Å². The van der Waals surface area contributed by atoms with Gasteiger partial charge in [0.15, 0.2) is 0 Å². The van der Waals surface area contributed by atoms with E-state index in [1.54, 1.807) is 27.7 Å². The summed E-state index contributed by atoms with van der Waals surface area (Å²) in [4.78, 5) is 32.6. The maximum Gasteiger partial charge on any atom is 0.513 e. The van der Waals surface area contributed by atoms with Gasteiger partial charge in [-0.1, -0.05) is 26.7 Å². The van der Waals surface area contributed by atoms with Crippen molar-refractivity contribution in [3.63, 3.8) is 0 Å². The van der Waals surface area contributed by atoms with E-state index in [4.69, 9.17) is 29.0 Å². The number of carbonyl (C=O) groups is 1. The van der Waals surface area contributed by atoms with Gasteiger partial charge in [-0.3, -0.25) is 0 Å². The SMILES string of the molecule is CCCC(C)OOC(C)(C)OC(=O)OC(C)(C)OOC(C)CCC. The van der Waals surface area contributed by atoms with Crippen molar-refractivity contribution in [1.82, 2.24) is 0 Å². The first-order chi connectivity index (χ1) is 11.0. The van der Waals surface area contributed by atoms with Gasteiger partial charge in [-0.2, -0.15) is 9.78 Å². The molecule has 0 aromatic rings. The fourth-order valence-electron chi connectivity index (χ4n) is 1.76. The Morgan fingerprint density at radius 2 is 1.12 bits per heavy atom. The largest absolute Gasteiger partial charge is 0.513 e. The molecule has 0 fully saturated rings. The first-order valence-corrected chi connectivity index (χ1v) is 8.62. The zero-order valence-electron chi connectivity index (χ0n) is 16.3. The van der Waals surface area contributed by atoms with Crippen LogP contribution >= 0.6 is 0 Å². The number of ether oxygens (including phenoxy) is 2. The van der Waals surface area contributed by atoms with Gasteiger partial charge in [0.2, 0.25) is 11.6 Å². The van der Waals surface area contributed by atoms with Gasteiger partial charge in [0.1, 0.15) is 0 Å². The predicted octanol–water partition coefficient (Wildman–Crippen LogP) is 4.89. The highest BCUT2D eigenvalue weighted by Gasteiger charge is 2.32. The number of rotatable bonds is 12. The minimum atomic E-state index is -1.29. The molecule has 0 aromatic heterocycles. The average molecular weight is 350 g/mol. The molecule has 144 valence electrons. The standard InChI is InChI=1S/C17H34O7/c1-9-11-13(3)21-23-16(5,6)19-15(18)20-17(7,8)24-22-14(4)12-10-2/h13-14H,9-12H2,1-8H3. The second-order valence-electron chi connectivity index (χ2n) is 6.81. The fraction of sp³-hybridized carbons (Fsp3) is 0.941. The van der Waals surface area contributed by atoms with Gasteiger partial charge in [0.25, 0.3) is 0 Å². The van der Waals surface area contributed by atoms with Crippen LogP contribution in [0.3, 0.4) is 0 Å². The molecule has 0 aliphatic rings. The summed E-state index contributed by atoms with van der Waals surface area (Å²) in [7, 11) is 0. The van der Waals surface area contributed by atoms with E-state index < -0.39 is 17.7 Å². The van der Waals surface area contributed by atoms with E-state index in [0.29, 0.717) is 0 Å². The highest BCUT2D eigenvalue weighted by atomic mass is 17.2. The summed E-state index contributed by atoms with van der Waals surface area (Å²) >= 11 is 0. The topological polar surface area (TPSA) is 72.5 Å². The first-order valence-electron chi connectivity index (χ1n) is 8.62. The zero-order valence-corrected chi connectivity index (χ0v) is 16.3. The molecular weight excluding hydrogens is 316 g/mol. The van der Waals surface area contributed by atoms with E-state index in [1.807, 2.05) is 27.7 Å². The number of hydrogen-bond acceptors (Lipinski definition) is 7. The molecule has 0 aliphatic carbocycles. The van der Waals surface area contributed by atoms with E-state index in [2.05, 4.69) is 0 Å². The average Bonchev–Trinajstić information content (AvgIpc) is 2.43. The lowest BCUT2D eigenvalue weighted by Gasteiger charge is -2.28. The van der Waals surface area contributed by atoms with Crippen molar-refractivity contribution in [2.24, 2.45) is 0 Å². The molecule has 0 amide bonds. The first kappa shape index (κ1) is 23.1. The van der Waals surface area contributed by atoms with Crippen LogP contribution in [0.15, 0.2) is 0 Å². The van der Waals surface area contributed by atoms with Crippen molar-refractivity contribution < 1.29 is 33.8 Å². The van der Waals surface area contributed by atoms with Crippen LogP contribution in [-0.2, 0) is 29.0 Å². The Labute approximate surface area is 145 Å². The second kappa shape index (κ2) is 10.9. The van der Waals surface area contributed by atoms with Gasteiger partial charge in [0.05, 0.1) is 12.2 Å². The Bertz CT molecular complexity index is 323. The van der Waals surface area contributed by atoms with E-state index in [9.17, 15) is 4.79 Å². The zero-order chi connectivity index (χ0) is 18.8. The quantitative estimate of drug-likeness (QED) is 0.215. The summed E-state index contributed by atoms with van der Waals surface area (Å²) in [6.07, 6.45) is 2.49. The van der Waals surface area contributed by atoms with Crippen LogP contribution in [0.1, 0.15) is 81.1 Å². The molecular formula is C17H34O7. The van der Waals surface area contributed by atoms with Crippen LogP contribution in [0.5, 0.6) is 0 Å². The highest BCUT2D eigenvalue weighted by Crippen LogP contribution is 2.20. The maximum atomic E-state index is 11.9. The lowest BCUT2D eigenvalue weighted by molar-refractivity contribution is -0.439. The van der Waals surface area contributed by atoms with Gasteiger partial charge < -0.3 is 9.47 Å². The van der Waals surface area contributed by atoms with Crippen LogP contribution in [0, 0.1) is 0 Å². The molecule has 7 heteroatoms. The molecule has 2 unspecified atom stereocenters. The molecule has 0 saturated heterocycles. The summed E-state index contributed by atoms with van der Waals surface area (Å²) in [6.45, 7) is 14.1. The van der Waals surface area contributed by atoms with Crippen molar-refractivity contribution in [1.29, 1.82) is 0 Å². The lowest BCUT2D eigenvalue weighted by Crippen LogP contribution is -2.38. The minimum Gasteiger partial charge on any atom is -0.399 e. The van der Waals surface area contributed by atoms with Crippen LogP contribution < -0.4 is 0 Å². The number of hydrogen-bond donors (Lipinski definition) is 0. The van der Waals surface area contributed by atoms with Gasteiger partial charge in [-0.25, -0.2) is 14.6 Å². The third-order valence-corrected chi connectivity index (χ3v) is 2.87. The van der Waals surface area contributed by atoms with Crippen molar-refractivity contribution in [2.75, 3.05) is 0 Å². The van der Waals surface area contributed by atoms with Gasteiger partial charge >= 0.3 is 6.16 Å². The van der Waals surface area contributed by atoms with E-state index >= 15 is 0 Å². The van der Waals surface area contributed by atoms with Crippen molar-refractivity contribution in [3.05, 3.63) is 0 Å². The summed E-state index contributed by atoms with van der Waals surface area (Å²) in [6, 6.07) is 0. The Morgan fingerprint density at radius 3 is 1.42 bits per heavy atom. The monoisotopic (exact) mass is 350 g/mol. The highest BCUT2D eigenvalue weighted by molar-refractivity contribution is 5.60. The van der Waals surface area contributed by atoms with E-state index in [-0.39, 0.29) is 12.2 Å². The summed E-state index contributed by atoms with van der Waals surface area (Å²) in [5.74, 6) is -2.57. The summed E-state index contributed by atoms with van der Waals surface area (Å²) in [5, 5.41) is 0. The van der Waals surface area contributed by atoms with Crippen LogP contribution in [0.2, 0.25) is 0 Å². The molecule has 0 spiro atoms. The molecule has 0 aliphatic heterocycles. The molecule has 7 nitrogen and oxygen atoms in total. The minimum absolute atomic E-state index is 0.0953. The van der Waals surface area contributed by atoms with Crippen molar-refractivity contribution in [2.45, 2.75) is 105 Å². The predicted molar refractivity (Wildman–Crippen MR) is 88.8 cm³/mol. The second-order valence-corrected chi connectivity index (χ2v) is 6.81. The Kier molecular flexibility index (Phi) is 10.5. The molecule has 0 saturated carbocycles. The van der Waals surface area contributed by atoms with Crippen LogP contribution in [-0.4, -0.2) is 29.9 Å². The van der Waals surface area contributed by atoms with Crippen LogP contribution in [0.25, 0.3) is 0 Å².